The van der Waals surface area contributed by atoms with Gasteiger partial charge in [-0.3, -0.25) is 9.69 Å². The maximum atomic E-state index is 12.9. The summed E-state index contributed by atoms with van der Waals surface area (Å²) in [6, 6.07) is 8.41. The zero-order valence-corrected chi connectivity index (χ0v) is 15.4. The fourth-order valence-electron chi connectivity index (χ4n) is 3.82. The molecule has 0 aromatic heterocycles. The normalized spacial score (nSPS) is 23.5. The number of carbonyl (C=O) groups excluding carboxylic acids is 1. The third-order valence-electron chi connectivity index (χ3n) is 5.12. The van der Waals surface area contributed by atoms with E-state index in [1.807, 2.05) is 0 Å². The number of carbonyl (C=O) groups is 1. The van der Waals surface area contributed by atoms with Crippen molar-refractivity contribution in [2.45, 2.75) is 45.1 Å². The third kappa shape index (κ3) is 4.57. The molecule has 3 nitrogen and oxygen atoms in total. The number of piperidine rings is 1. The Morgan fingerprint density at radius 1 is 1.04 bits per heavy atom. The van der Waals surface area contributed by atoms with E-state index < -0.39 is 0 Å². The monoisotopic (exact) mass is 378 g/mol. The van der Waals surface area contributed by atoms with Crippen LogP contribution in [-0.4, -0.2) is 41.9 Å². The topological polar surface area (TPSA) is 23.6 Å². The fraction of sp³-hybridized carbons (Fsp3) is 0.632. The maximum Gasteiger partial charge on any atom is 0.226 e. The first-order valence-corrected chi connectivity index (χ1v) is 9.78. The summed E-state index contributed by atoms with van der Waals surface area (Å²) in [5, 5.41) is 0. The lowest BCUT2D eigenvalue weighted by atomic mass is 9.96. The predicted octanol–water partition coefficient (Wildman–Crippen LogP) is 4.06. The van der Waals surface area contributed by atoms with Crippen LogP contribution in [-0.2, 0) is 11.3 Å². The van der Waals surface area contributed by atoms with E-state index in [1.54, 1.807) is 0 Å². The first-order valence-electron chi connectivity index (χ1n) is 8.98. The van der Waals surface area contributed by atoms with Gasteiger partial charge in [-0.05, 0) is 43.9 Å². The highest BCUT2D eigenvalue weighted by molar-refractivity contribution is 9.10. The molecule has 4 heteroatoms. The first kappa shape index (κ1) is 17.0. The van der Waals surface area contributed by atoms with Crippen LogP contribution < -0.4 is 0 Å². The summed E-state index contributed by atoms with van der Waals surface area (Å²) in [4.78, 5) is 17.4. The molecule has 0 spiro atoms. The van der Waals surface area contributed by atoms with Gasteiger partial charge < -0.3 is 4.90 Å². The molecule has 2 saturated heterocycles. The summed E-state index contributed by atoms with van der Waals surface area (Å²) in [5.74, 6) is 0.605. The number of likely N-dealkylation sites (tertiary alicyclic amines) is 2. The van der Waals surface area contributed by atoms with Crippen molar-refractivity contribution in [3.05, 3.63) is 34.3 Å². The van der Waals surface area contributed by atoms with Crippen molar-refractivity contribution in [1.82, 2.24) is 9.80 Å². The largest absolute Gasteiger partial charge is 0.342 e. The van der Waals surface area contributed by atoms with E-state index in [-0.39, 0.29) is 5.92 Å². The van der Waals surface area contributed by atoms with Gasteiger partial charge in [-0.15, -0.1) is 0 Å². The van der Waals surface area contributed by atoms with E-state index in [1.165, 1.54) is 35.7 Å². The van der Waals surface area contributed by atoms with Crippen molar-refractivity contribution in [2.24, 2.45) is 5.92 Å². The fourth-order valence-corrected chi connectivity index (χ4v) is 4.23. The Morgan fingerprint density at radius 3 is 2.52 bits per heavy atom. The molecule has 2 fully saturated rings. The quantitative estimate of drug-likeness (QED) is 0.791. The lowest BCUT2D eigenvalue weighted by molar-refractivity contribution is -0.137. The second-order valence-corrected chi connectivity index (χ2v) is 7.76. The van der Waals surface area contributed by atoms with Crippen LogP contribution in [0.3, 0.4) is 0 Å². The molecule has 0 radical (unpaired) electrons. The first-order chi connectivity index (χ1) is 11.2. The standard InChI is InChI=1S/C19H27BrN2O/c20-18-10-4-3-8-16(18)14-21-11-7-9-17(15-21)19(23)22-12-5-1-2-6-13-22/h3-4,8,10,17H,1-2,5-7,9,11-15H2/t17-/m1/s1. The van der Waals surface area contributed by atoms with Crippen molar-refractivity contribution in [2.75, 3.05) is 26.2 Å². The Morgan fingerprint density at radius 2 is 1.78 bits per heavy atom. The Labute approximate surface area is 148 Å². The van der Waals surface area contributed by atoms with Gasteiger partial charge in [-0.25, -0.2) is 0 Å². The molecule has 3 rings (SSSR count). The minimum absolute atomic E-state index is 0.198. The van der Waals surface area contributed by atoms with Crippen LogP contribution in [0.1, 0.15) is 44.1 Å². The summed E-state index contributed by atoms with van der Waals surface area (Å²) < 4.78 is 1.17. The van der Waals surface area contributed by atoms with Gasteiger partial charge in [0.05, 0.1) is 5.92 Å². The van der Waals surface area contributed by atoms with E-state index in [9.17, 15) is 4.79 Å². The molecule has 126 valence electrons. The van der Waals surface area contributed by atoms with Crippen molar-refractivity contribution >= 4 is 21.8 Å². The molecule has 2 heterocycles. The number of nitrogens with zero attached hydrogens (tertiary/aromatic N) is 2. The Kier molecular flexibility index (Phi) is 6.12. The van der Waals surface area contributed by atoms with Crippen molar-refractivity contribution in [3.63, 3.8) is 0 Å². The number of amides is 1. The molecule has 0 unspecified atom stereocenters. The summed E-state index contributed by atoms with van der Waals surface area (Å²) in [7, 11) is 0. The van der Waals surface area contributed by atoms with Crippen LogP contribution in [0.2, 0.25) is 0 Å². The van der Waals surface area contributed by atoms with Crippen LogP contribution in [0.4, 0.5) is 0 Å². The molecule has 1 aromatic carbocycles. The summed E-state index contributed by atoms with van der Waals surface area (Å²) in [6.45, 7) is 4.89. The third-order valence-corrected chi connectivity index (χ3v) is 5.90. The van der Waals surface area contributed by atoms with Crippen molar-refractivity contribution < 1.29 is 4.79 Å². The number of hydrogen-bond donors (Lipinski definition) is 0. The van der Waals surface area contributed by atoms with E-state index in [4.69, 9.17) is 0 Å². The summed E-state index contributed by atoms with van der Waals surface area (Å²) >= 11 is 3.64. The lowest BCUT2D eigenvalue weighted by Gasteiger charge is -2.35. The van der Waals surface area contributed by atoms with Crippen LogP contribution in [0.15, 0.2) is 28.7 Å². The molecule has 23 heavy (non-hydrogen) atoms. The number of benzene rings is 1. The maximum absolute atomic E-state index is 12.9. The molecule has 1 amide bonds. The second kappa shape index (κ2) is 8.29. The predicted molar refractivity (Wildman–Crippen MR) is 97.2 cm³/mol. The minimum Gasteiger partial charge on any atom is -0.342 e. The molecule has 2 aliphatic heterocycles. The minimum atomic E-state index is 0.198. The van der Waals surface area contributed by atoms with Gasteiger partial charge in [-0.1, -0.05) is 47.0 Å². The highest BCUT2D eigenvalue weighted by Gasteiger charge is 2.29. The van der Waals surface area contributed by atoms with Gasteiger partial charge in [0.25, 0.3) is 0 Å². The molecule has 0 N–H and O–H groups in total. The van der Waals surface area contributed by atoms with Gasteiger partial charge in [0.2, 0.25) is 5.91 Å². The van der Waals surface area contributed by atoms with Crippen LogP contribution in [0, 0.1) is 5.92 Å². The second-order valence-electron chi connectivity index (χ2n) is 6.91. The average molecular weight is 379 g/mol. The molecular weight excluding hydrogens is 352 g/mol. The highest BCUT2D eigenvalue weighted by Crippen LogP contribution is 2.24. The van der Waals surface area contributed by atoms with E-state index in [2.05, 4.69) is 50.0 Å². The van der Waals surface area contributed by atoms with Crippen LogP contribution in [0.5, 0.6) is 0 Å². The van der Waals surface area contributed by atoms with E-state index in [0.29, 0.717) is 5.91 Å². The van der Waals surface area contributed by atoms with Gasteiger partial charge >= 0.3 is 0 Å². The van der Waals surface area contributed by atoms with Crippen molar-refractivity contribution in [1.29, 1.82) is 0 Å². The Hall–Kier alpha value is -0.870. The highest BCUT2D eigenvalue weighted by atomic mass is 79.9. The van der Waals surface area contributed by atoms with Gasteiger partial charge in [0.1, 0.15) is 0 Å². The molecule has 2 aliphatic rings. The Bertz CT molecular complexity index is 526. The van der Waals surface area contributed by atoms with Gasteiger partial charge in [0.15, 0.2) is 0 Å². The number of hydrogen-bond acceptors (Lipinski definition) is 2. The van der Waals surface area contributed by atoms with E-state index in [0.717, 1.165) is 45.6 Å². The van der Waals surface area contributed by atoms with Crippen molar-refractivity contribution in [3.8, 4) is 0 Å². The SMILES string of the molecule is O=C([C@@H]1CCCN(Cc2ccccc2Br)C1)N1CCCCCC1. The van der Waals surface area contributed by atoms with Crippen LogP contribution >= 0.6 is 15.9 Å². The number of halogens is 1. The number of rotatable bonds is 3. The molecule has 1 atom stereocenters. The summed E-state index contributed by atoms with van der Waals surface area (Å²) in [5.41, 5.74) is 1.32. The molecule has 0 bridgehead atoms. The van der Waals surface area contributed by atoms with Gasteiger partial charge in [-0.2, -0.15) is 0 Å². The molecule has 0 aliphatic carbocycles. The van der Waals surface area contributed by atoms with Crippen LogP contribution in [0.25, 0.3) is 0 Å². The zero-order valence-electron chi connectivity index (χ0n) is 13.8. The van der Waals surface area contributed by atoms with Gasteiger partial charge in [0, 0.05) is 30.7 Å². The molecule has 1 aromatic rings. The average Bonchev–Trinajstić information content (AvgIpc) is 2.86. The lowest BCUT2D eigenvalue weighted by Crippen LogP contribution is -2.44. The summed E-state index contributed by atoms with van der Waals surface area (Å²) in [6.07, 6.45) is 7.11. The smallest absolute Gasteiger partial charge is 0.226 e. The Balaban J connectivity index is 1.59. The molecular formula is C19H27BrN2O. The molecule has 0 saturated carbocycles. The zero-order chi connectivity index (χ0) is 16.1. The van der Waals surface area contributed by atoms with E-state index >= 15 is 0 Å².